The van der Waals surface area contributed by atoms with Crippen molar-refractivity contribution in [1.29, 1.82) is 0 Å². The number of halogens is 1. The van der Waals surface area contributed by atoms with Crippen LogP contribution in [0.4, 0.5) is 5.69 Å². The smallest absolute Gasteiger partial charge is 0.224 e. The lowest BCUT2D eigenvalue weighted by Crippen LogP contribution is -2.12. The lowest BCUT2D eigenvalue weighted by molar-refractivity contribution is -0.116. The maximum absolute atomic E-state index is 11.8. The van der Waals surface area contributed by atoms with Crippen LogP contribution in [0.15, 0.2) is 39.5 Å². The molecular formula is C14H14BrNOS. The molecule has 18 heavy (non-hydrogen) atoms. The summed E-state index contributed by atoms with van der Waals surface area (Å²) in [4.78, 5) is 11.8. The first kappa shape index (κ1) is 13.3. The quantitative estimate of drug-likeness (QED) is 0.888. The maximum atomic E-state index is 11.8. The standard InChI is InChI=1S/C14H14BrNOS/c1-10-2-4-12(8-13(10)15)16-14(17)5-3-11-6-7-18-9-11/h2,4,6-9H,3,5H2,1H3,(H,16,17). The fourth-order valence-corrected chi connectivity index (χ4v) is 2.67. The highest BCUT2D eigenvalue weighted by atomic mass is 79.9. The van der Waals surface area contributed by atoms with Gasteiger partial charge in [0.15, 0.2) is 0 Å². The summed E-state index contributed by atoms with van der Waals surface area (Å²) >= 11 is 5.12. The van der Waals surface area contributed by atoms with Gasteiger partial charge in [-0.2, -0.15) is 11.3 Å². The van der Waals surface area contributed by atoms with Crippen LogP contribution >= 0.6 is 27.3 Å². The van der Waals surface area contributed by atoms with E-state index in [9.17, 15) is 4.79 Å². The van der Waals surface area contributed by atoms with Gasteiger partial charge >= 0.3 is 0 Å². The first-order valence-electron chi connectivity index (χ1n) is 5.72. The Bertz CT molecular complexity index is 537. The maximum Gasteiger partial charge on any atom is 0.224 e. The predicted molar refractivity (Wildman–Crippen MR) is 80.1 cm³/mol. The number of hydrogen-bond donors (Lipinski definition) is 1. The Morgan fingerprint density at radius 1 is 1.39 bits per heavy atom. The molecule has 4 heteroatoms. The molecule has 0 spiro atoms. The number of nitrogens with one attached hydrogen (secondary N) is 1. The lowest BCUT2D eigenvalue weighted by atomic mass is 10.2. The molecule has 1 amide bonds. The van der Waals surface area contributed by atoms with Crippen LogP contribution < -0.4 is 5.32 Å². The third-order valence-electron chi connectivity index (χ3n) is 2.68. The third kappa shape index (κ3) is 3.68. The van der Waals surface area contributed by atoms with E-state index in [1.54, 1.807) is 11.3 Å². The molecule has 2 aromatic rings. The van der Waals surface area contributed by atoms with Gasteiger partial charge in [0.25, 0.3) is 0 Å². The molecule has 2 rings (SSSR count). The molecule has 1 aromatic carbocycles. The molecule has 0 radical (unpaired) electrons. The third-order valence-corrected chi connectivity index (χ3v) is 4.26. The highest BCUT2D eigenvalue weighted by molar-refractivity contribution is 9.10. The summed E-state index contributed by atoms with van der Waals surface area (Å²) in [5.41, 5.74) is 3.22. The van der Waals surface area contributed by atoms with E-state index in [0.29, 0.717) is 6.42 Å². The number of anilines is 1. The Morgan fingerprint density at radius 3 is 2.89 bits per heavy atom. The first-order valence-corrected chi connectivity index (χ1v) is 7.46. The summed E-state index contributed by atoms with van der Waals surface area (Å²) in [6.07, 6.45) is 1.31. The van der Waals surface area contributed by atoms with Gasteiger partial charge in [-0.15, -0.1) is 0 Å². The SMILES string of the molecule is Cc1ccc(NC(=O)CCc2ccsc2)cc1Br. The Labute approximate surface area is 119 Å². The second kappa shape index (κ2) is 6.16. The van der Waals surface area contributed by atoms with Crippen LogP contribution in [0, 0.1) is 6.92 Å². The topological polar surface area (TPSA) is 29.1 Å². The average molecular weight is 324 g/mol. The largest absolute Gasteiger partial charge is 0.326 e. The molecule has 0 fully saturated rings. The average Bonchev–Trinajstić information content (AvgIpc) is 2.84. The van der Waals surface area contributed by atoms with E-state index in [0.717, 1.165) is 22.1 Å². The van der Waals surface area contributed by atoms with Crippen LogP contribution in [0.3, 0.4) is 0 Å². The number of hydrogen-bond acceptors (Lipinski definition) is 2. The van der Waals surface area contributed by atoms with Crippen molar-refractivity contribution in [2.45, 2.75) is 19.8 Å². The second-order valence-corrected chi connectivity index (χ2v) is 5.78. The van der Waals surface area contributed by atoms with Gasteiger partial charge in [0.05, 0.1) is 0 Å². The highest BCUT2D eigenvalue weighted by Crippen LogP contribution is 2.20. The monoisotopic (exact) mass is 323 g/mol. The molecule has 1 aromatic heterocycles. The van der Waals surface area contributed by atoms with Crippen LogP contribution in [-0.4, -0.2) is 5.91 Å². The van der Waals surface area contributed by atoms with E-state index in [1.807, 2.05) is 30.5 Å². The Kier molecular flexibility index (Phi) is 4.55. The minimum absolute atomic E-state index is 0.0527. The fourth-order valence-electron chi connectivity index (χ4n) is 1.59. The summed E-state index contributed by atoms with van der Waals surface area (Å²) in [6.45, 7) is 2.02. The van der Waals surface area contributed by atoms with Crippen molar-refractivity contribution >= 4 is 38.9 Å². The number of benzene rings is 1. The van der Waals surface area contributed by atoms with E-state index in [2.05, 4.69) is 32.7 Å². The summed E-state index contributed by atoms with van der Waals surface area (Å²) < 4.78 is 1.01. The fraction of sp³-hybridized carbons (Fsp3) is 0.214. The normalized spacial score (nSPS) is 10.3. The molecule has 0 saturated carbocycles. The summed E-state index contributed by atoms with van der Waals surface area (Å²) in [5.74, 6) is 0.0527. The van der Waals surface area contributed by atoms with E-state index >= 15 is 0 Å². The zero-order chi connectivity index (χ0) is 13.0. The molecule has 0 aliphatic heterocycles. The van der Waals surface area contributed by atoms with Crippen LogP contribution in [-0.2, 0) is 11.2 Å². The summed E-state index contributed by atoms with van der Waals surface area (Å²) in [7, 11) is 0. The lowest BCUT2D eigenvalue weighted by Gasteiger charge is -2.06. The van der Waals surface area contributed by atoms with E-state index < -0.39 is 0 Å². The predicted octanol–water partition coefficient (Wildman–Crippen LogP) is 4.39. The molecule has 0 saturated heterocycles. The van der Waals surface area contributed by atoms with Gasteiger partial charge in [-0.1, -0.05) is 22.0 Å². The summed E-state index contributed by atoms with van der Waals surface area (Å²) in [5, 5.41) is 7.02. The van der Waals surface area contributed by atoms with E-state index in [-0.39, 0.29) is 5.91 Å². The highest BCUT2D eigenvalue weighted by Gasteiger charge is 2.04. The van der Waals surface area contributed by atoms with Gasteiger partial charge in [-0.3, -0.25) is 4.79 Å². The van der Waals surface area contributed by atoms with Gasteiger partial charge in [-0.25, -0.2) is 0 Å². The van der Waals surface area contributed by atoms with Crippen LogP contribution in [0.2, 0.25) is 0 Å². The molecule has 0 aliphatic carbocycles. The van der Waals surface area contributed by atoms with Crippen LogP contribution in [0.25, 0.3) is 0 Å². The van der Waals surface area contributed by atoms with Gasteiger partial charge in [0.1, 0.15) is 0 Å². The van der Waals surface area contributed by atoms with Gasteiger partial charge in [0.2, 0.25) is 5.91 Å². The van der Waals surface area contributed by atoms with Crippen molar-refractivity contribution in [2.75, 3.05) is 5.32 Å². The molecule has 94 valence electrons. The van der Waals surface area contributed by atoms with E-state index in [4.69, 9.17) is 0 Å². The molecule has 1 N–H and O–H groups in total. The molecule has 0 aliphatic rings. The van der Waals surface area contributed by atoms with Crippen LogP contribution in [0.1, 0.15) is 17.5 Å². The molecular weight excluding hydrogens is 310 g/mol. The number of rotatable bonds is 4. The number of carbonyl (C=O) groups is 1. The second-order valence-electron chi connectivity index (χ2n) is 4.14. The number of carbonyl (C=O) groups excluding carboxylic acids is 1. The van der Waals surface area contributed by atoms with Crippen LogP contribution in [0.5, 0.6) is 0 Å². The number of amides is 1. The molecule has 2 nitrogen and oxygen atoms in total. The van der Waals surface area contributed by atoms with Gasteiger partial charge < -0.3 is 5.32 Å². The van der Waals surface area contributed by atoms with Gasteiger partial charge in [0, 0.05) is 16.6 Å². The van der Waals surface area contributed by atoms with Crippen molar-refractivity contribution < 1.29 is 4.79 Å². The van der Waals surface area contributed by atoms with Crippen molar-refractivity contribution in [3.8, 4) is 0 Å². The molecule has 0 bridgehead atoms. The van der Waals surface area contributed by atoms with Crippen molar-refractivity contribution in [2.24, 2.45) is 0 Å². The summed E-state index contributed by atoms with van der Waals surface area (Å²) in [6, 6.07) is 7.89. The van der Waals surface area contributed by atoms with Crippen molar-refractivity contribution in [1.82, 2.24) is 0 Å². The van der Waals surface area contributed by atoms with Gasteiger partial charge in [-0.05, 0) is 53.4 Å². The molecule has 0 unspecified atom stereocenters. The minimum Gasteiger partial charge on any atom is -0.326 e. The Balaban J connectivity index is 1.88. The minimum atomic E-state index is 0.0527. The number of thiophene rings is 1. The zero-order valence-corrected chi connectivity index (χ0v) is 12.5. The Morgan fingerprint density at radius 2 is 2.22 bits per heavy atom. The van der Waals surface area contributed by atoms with Crippen molar-refractivity contribution in [3.05, 3.63) is 50.6 Å². The van der Waals surface area contributed by atoms with E-state index in [1.165, 1.54) is 5.56 Å². The molecule has 1 heterocycles. The Hall–Kier alpha value is -1.13. The zero-order valence-electron chi connectivity index (χ0n) is 10.1. The first-order chi connectivity index (χ1) is 8.65. The van der Waals surface area contributed by atoms with Crippen molar-refractivity contribution in [3.63, 3.8) is 0 Å². The number of aryl methyl sites for hydroxylation is 2. The molecule has 0 atom stereocenters.